The molecular formula is C20H22N6O4. The molecule has 0 saturated carbocycles. The van der Waals surface area contributed by atoms with E-state index in [1.54, 1.807) is 42.5 Å². The molecule has 0 aliphatic rings. The van der Waals surface area contributed by atoms with Gasteiger partial charge in [0.25, 0.3) is 5.69 Å². The first kappa shape index (κ1) is 21.1. The number of esters is 1. The molecule has 10 heteroatoms. The predicted octanol–water partition coefficient (Wildman–Crippen LogP) is 2.66. The highest BCUT2D eigenvalue weighted by molar-refractivity contribution is 5.69. The Morgan fingerprint density at radius 2 is 2.07 bits per heavy atom. The molecule has 2 heterocycles. The first-order valence-corrected chi connectivity index (χ1v) is 9.46. The van der Waals surface area contributed by atoms with Crippen molar-refractivity contribution in [2.75, 3.05) is 13.2 Å². The Hall–Kier alpha value is -3.66. The maximum Gasteiger partial charge on any atom is 0.307 e. The summed E-state index contributed by atoms with van der Waals surface area (Å²) >= 11 is 0. The van der Waals surface area contributed by atoms with Crippen molar-refractivity contribution >= 4 is 11.7 Å². The molecule has 3 aromatic rings. The third kappa shape index (κ3) is 5.92. The number of carbonyl (C=O) groups excluding carboxylic acids is 1. The number of rotatable bonds is 10. The smallest absolute Gasteiger partial charge is 0.307 e. The standard InChI is InChI=1S/C20H22N6O4/c1-2-30-19(27)9-11-24(13-16-4-3-10-21-12-16)15-25-14-22-20(23-25)17-5-7-18(8-6-17)26(28)29/h3-8,10,12,14H,2,9,11,13,15H2,1H3. The Morgan fingerprint density at radius 1 is 1.27 bits per heavy atom. The van der Waals surface area contributed by atoms with Crippen molar-refractivity contribution in [2.45, 2.75) is 26.6 Å². The van der Waals surface area contributed by atoms with Crippen LogP contribution in [0.3, 0.4) is 0 Å². The van der Waals surface area contributed by atoms with Crippen LogP contribution in [0.5, 0.6) is 0 Å². The summed E-state index contributed by atoms with van der Waals surface area (Å²) in [5.74, 6) is 0.218. The molecule has 3 rings (SSSR count). The van der Waals surface area contributed by atoms with Gasteiger partial charge >= 0.3 is 5.97 Å². The second kappa shape index (κ2) is 10.2. The van der Waals surface area contributed by atoms with Crippen molar-refractivity contribution in [3.05, 3.63) is 70.8 Å². The molecule has 0 aliphatic heterocycles. The minimum Gasteiger partial charge on any atom is -0.466 e. The molecule has 0 atom stereocenters. The van der Waals surface area contributed by atoms with Gasteiger partial charge in [0.2, 0.25) is 0 Å². The SMILES string of the molecule is CCOC(=O)CCN(Cc1cccnc1)Cn1cnc(-c2ccc([N+](=O)[O-])cc2)n1. The fourth-order valence-corrected chi connectivity index (χ4v) is 2.86. The fourth-order valence-electron chi connectivity index (χ4n) is 2.86. The average molecular weight is 410 g/mol. The zero-order chi connectivity index (χ0) is 21.3. The third-order valence-electron chi connectivity index (χ3n) is 4.28. The fraction of sp³-hybridized carbons (Fsp3) is 0.300. The number of carbonyl (C=O) groups is 1. The number of benzene rings is 1. The molecule has 0 amide bonds. The van der Waals surface area contributed by atoms with E-state index in [9.17, 15) is 14.9 Å². The van der Waals surface area contributed by atoms with E-state index in [0.29, 0.717) is 37.8 Å². The number of aromatic nitrogens is 4. The molecule has 0 saturated heterocycles. The molecule has 0 N–H and O–H groups in total. The van der Waals surface area contributed by atoms with Crippen LogP contribution < -0.4 is 0 Å². The zero-order valence-corrected chi connectivity index (χ0v) is 16.5. The lowest BCUT2D eigenvalue weighted by atomic mass is 10.2. The molecule has 1 aromatic carbocycles. The van der Waals surface area contributed by atoms with Gasteiger partial charge in [0.1, 0.15) is 6.33 Å². The minimum absolute atomic E-state index is 0.0137. The summed E-state index contributed by atoms with van der Waals surface area (Å²) in [5, 5.41) is 15.3. The lowest BCUT2D eigenvalue weighted by Gasteiger charge is -2.21. The van der Waals surface area contributed by atoms with Crippen molar-refractivity contribution in [1.82, 2.24) is 24.6 Å². The number of nitrogens with zero attached hydrogens (tertiary/aromatic N) is 6. The molecule has 0 unspecified atom stereocenters. The highest BCUT2D eigenvalue weighted by atomic mass is 16.6. The number of nitro groups is 1. The van der Waals surface area contributed by atoms with Crippen molar-refractivity contribution in [3.63, 3.8) is 0 Å². The second-order valence-corrected chi connectivity index (χ2v) is 6.52. The number of hydrogen-bond acceptors (Lipinski definition) is 8. The van der Waals surface area contributed by atoms with Crippen molar-refractivity contribution in [2.24, 2.45) is 0 Å². The summed E-state index contributed by atoms with van der Waals surface area (Å²) in [4.78, 5) is 32.6. The van der Waals surface area contributed by atoms with E-state index in [-0.39, 0.29) is 18.1 Å². The van der Waals surface area contributed by atoms with Gasteiger partial charge < -0.3 is 4.74 Å². The maximum atomic E-state index is 11.8. The van der Waals surface area contributed by atoms with E-state index in [2.05, 4.69) is 15.1 Å². The maximum absolute atomic E-state index is 11.8. The van der Waals surface area contributed by atoms with Gasteiger partial charge in [0.15, 0.2) is 5.82 Å². The van der Waals surface area contributed by atoms with E-state index in [1.807, 2.05) is 17.0 Å². The van der Waals surface area contributed by atoms with Gasteiger partial charge in [-0.2, -0.15) is 0 Å². The van der Waals surface area contributed by atoms with Crippen LogP contribution in [0.25, 0.3) is 11.4 Å². The molecule has 0 fully saturated rings. The van der Waals surface area contributed by atoms with Crippen molar-refractivity contribution in [1.29, 1.82) is 0 Å². The quantitative estimate of drug-likeness (QED) is 0.284. The summed E-state index contributed by atoms with van der Waals surface area (Å²) in [6, 6.07) is 9.90. The topological polar surface area (TPSA) is 116 Å². The van der Waals surface area contributed by atoms with E-state index in [4.69, 9.17) is 4.74 Å². The summed E-state index contributed by atoms with van der Waals surface area (Å²) in [7, 11) is 0. The highest BCUT2D eigenvalue weighted by Crippen LogP contribution is 2.19. The van der Waals surface area contributed by atoms with Crippen LogP contribution in [0.4, 0.5) is 5.69 Å². The van der Waals surface area contributed by atoms with Crippen LogP contribution in [-0.4, -0.2) is 48.7 Å². The van der Waals surface area contributed by atoms with Gasteiger partial charge in [0.05, 0.1) is 24.6 Å². The van der Waals surface area contributed by atoms with Crippen LogP contribution in [0.1, 0.15) is 18.9 Å². The Balaban J connectivity index is 1.70. The number of hydrogen-bond donors (Lipinski definition) is 0. The van der Waals surface area contributed by atoms with Gasteiger partial charge in [-0.3, -0.25) is 24.8 Å². The highest BCUT2D eigenvalue weighted by Gasteiger charge is 2.13. The number of nitro benzene ring substituents is 1. The zero-order valence-electron chi connectivity index (χ0n) is 16.5. The lowest BCUT2D eigenvalue weighted by Crippen LogP contribution is -2.29. The summed E-state index contributed by atoms with van der Waals surface area (Å²) in [5.41, 5.74) is 1.71. The second-order valence-electron chi connectivity index (χ2n) is 6.52. The molecule has 156 valence electrons. The van der Waals surface area contributed by atoms with Crippen LogP contribution in [0, 0.1) is 10.1 Å². The van der Waals surface area contributed by atoms with Crippen LogP contribution in [0.15, 0.2) is 55.1 Å². The van der Waals surface area contributed by atoms with Crippen LogP contribution in [-0.2, 0) is 22.7 Å². The van der Waals surface area contributed by atoms with Crippen LogP contribution >= 0.6 is 0 Å². The largest absolute Gasteiger partial charge is 0.466 e. The monoisotopic (exact) mass is 410 g/mol. The Morgan fingerprint density at radius 3 is 2.73 bits per heavy atom. The first-order chi connectivity index (χ1) is 14.5. The number of non-ortho nitro benzene ring substituents is 1. The molecule has 30 heavy (non-hydrogen) atoms. The number of pyridine rings is 1. The lowest BCUT2D eigenvalue weighted by molar-refractivity contribution is -0.384. The van der Waals surface area contributed by atoms with Gasteiger partial charge in [-0.25, -0.2) is 9.67 Å². The number of ether oxygens (including phenoxy) is 1. The van der Waals surface area contributed by atoms with E-state index < -0.39 is 4.92 Å². The molecule has 0 aliphatic carbocycles. The summed E-state index contributed by atoms with van der Waals surface area (Å²) < 4.78 is 6.69. The van der Waals surface area contributed by atoms with Crippen LogP contribution in [0.2, 0.25) is 0 Å². The van der Waals surface area contributed by atoms with Gasteiger partial charge in [-0.15, -0.1) is 5.10 Å². The average Bonchev–Trinajstić information content (AvgIpc) is 3.21. The minimum atomic E-state index is -0.449. The van der Waals surface area contributed by atoms with Gasteiger partial charge in [0, 0.05) is 43.2 Å². The molecule has 10 nitrogen and oxygen atoms in total. The van der Waals surface area contributed by atoms with E-state index in [0.717, 1.165) is 5.56 Å². The molecule has 0 radical (unpaired) electrons. The van der Waals surface area contributed by atoms with Crippen molar-refractivity contribution < 1.29 is 14.5 Å². The molecule has 0 bridgehead atoms. The molecule has 2 aromatic heterocycles. The van der Waals surface area contributed by atoms with Gasteiger partial charge in [-0.1, -0.05) is 6.07 Å². The van der Waals surface area contributed by atoms with E-state index >= 15 is 0 Å². The Labute approximate surface area is 173 Å². The molecular weight excluding hydrogens is 388 g/mol. The Kier molecular flexibility index (Phi) is 7.17. The molecule has 0 spiro atoms. The van der Waals surface area contributed by atoms with Gasteiger partial charge in [-0.05, 0) is 30.7 Å². The first-order valence-electron chi connectivity index (χ1n) is 9.46. The Bertz CT molecular complexity index is 974. The van der Waals surface area contributed by atoms with Crippen molar-refractivity contribution in [3.8, 4) is 11.4 Å². The normalized spacial score (nSPS) is 10.9. The summed E-state index contributed by atoms with van der Waals surface area (Å²) in [6.07, 6.45) is 5.34. The summed E-state index contributed by atoms with van der Waals surface area (Å²) in [6.45, 7) is 3.61. The van der Waals surface area contributed by atoms with E-state index in [1.165, 1.54) is 12.1 Å². The predicted molar refractivity (Wildman–Crippen MR) is 108 cm³/mol. The third-order valence-corrected chi connectivity index (χ3v) is 4.28.